The molecule has 1 aromatic heterocycles. The van der Waals surface area contributed by atoms with Crippen molar-refractivity contribution in [2.24, 2.45) is 0 Å². The van der Waals surface area contributed by atoms with Gasteiger partial charge < -0.3 is 5.73 Å². The summed E-state index contributed by atoms with van der Waals surface area (Å²) in [5.74, 6) is 0. The molecule has 0 unspecified atom stereocenters. The maximum atomic E-state index is 12.2. The first-order valence-electron chi connectivity index (χ1n) is 4.89. The van der Waals surface area contributed by atoms with Gasteiger partial charge in [0.15, 0.2) is 5.13 Å². The Kier molecular flexibility index (Phi) is 3.60. The fraction of sp³-hybridized carbons (Fsp3) is 0.100. The van der Waals surface area contributed by atoms with Crippen molar-refractivity contribution in [3.63, 3.8) is 0 Å². The summed E-state index contributed by atoms with van der Waals surface area (Å²) < 4.78 is 27.5. The summed E-state index contributed by atoms with van der Waals surface area (Å²) >= 11 is 4.43. The number of nitrogens with one attached hydrogen (secondary N) is 1. The van der Waals surface area contributed by atoms with Crippen molar-refractivity contribution in [2.75, 3.05) is 10.5 Å². The number of sulfonamides is 1. The number of anilines is 2. The molecule has 0 atom stereocenters. The second kappa shape index (κ2) is 4.87. The number of aromatic nitrogens is 1. The molecule has 96 valence electrons. The number of nitrogens with zero attached hydrogens (tertiary/aromatic N) is 1. The molecule has 18 heavy (non-hydrogen) atoms. The number of thiazole rings is 1. The molecule has 0 aliphatic heterocycles. The summed E-state index contributed by atoms with van der Waals surface area (Å²) in [4.78, 5) is 4.09. The van der Waals surface area contributed by atoms with Gasteiger partial charge in [0.1, 0.15) is 0 Å². The lowest BCUT2D eigenvalue weighted by atomic mass is 10.2. The lowest BCUT2D eigenvalue weighted by molar-refractivity contribution is 0.600. The lowest BCUT2D eigenvalue weighted by Crippen LogP contribution is -2.14. The average Bonchev–Trinajstić information content (AvgIpc) is 2.67. The Morgan fingerprint density at radius 1 is 1.44 bits per heavy atom. The van der Waals surface area contributed by atoms with E-state index in [1.165, 1.54) is 23.6 Å². The molecule has 0 radical (unpaired) electrons. The molecule has 0 amide bonds. The molecule has 2 rings (SSSR count). The van der Waals surface area contributed by atoms with E-state index in [1.54, 1.807) is 19.1 Å². The van der Waals surface area contributed by atoms with Crippen LogP contribution in [-0.4, -0.2) is 13.4 Å². The van der Waals surface area contributed by atoms with E-state index < -0.39 is 10.0 Å². The second-order valence-electron chi connectivity index (χ2n) is 3.55. The van der Waals surface area contributed by atoms with Crippen LogP contribution >= 0.6 is 27.3 Å². The van der Waals surface area contributed by atoms with Gasteiger partial charge in [-0.15, -0.1) is 0 Å². The van der Waals surface area contributed by atoms with Crippen LogP contribution in [0.1, 0.15) is 5.56 Å². The third kappa shape index (κ3) is 2.65. The number of hydrogen-bond donors (Lipinski definition) is 2. The van der Waals surface area contributed by atoms with Crippen LogP contribution in [-0.2, 0) is 10.0 Å². The van der Waals surface area contributed by atoms with Crippen molar-refractivity contribution < 1.29 is 8.42 Å². The first-order valence-corrected chi connectivity index (χ1v) is 7.98. The quantitative estimate of drug-likeness (QED) is 0.835. The van der Waals surface area contributed by atoms with Crippen molar-refractivity contribution >= 4 is 48.1 Å². The summed E-state index contributed by atoms with van der Waals surface area (Å²) in [7, 11) is -3.66. The summed E-state index contributed by atoms with van der Waals surface area (Å²) in [6, 6.07) is 4.78. The predicted molar refractivity (Wildman–Crippen MR) is 76.2 cm³/mol. The molecule has 0 saturated heterocycles. The van der Waals surface area contributed by atoms with Crippen LogP contribution < -0.4 is 10.5 Å². The zero-order valence-electron chi connectivity index (χ0n) is 9.34. The van der Waals surface area contributed by atoms with Gasteiger partial charge in [-0.2, -0.15) is 0 Å². The molecule has 0 spiro atoms. The smallest absolute Gasteiger partial charge is 0.264 e. The highest BCUT2D eigenvalue weighted by Crippen LogP contribution is 2.27. The van der Waals surface area contributed by atoms with Gasteiger partial charge in [-0.1, -0.05) is 17.4 Å². The molecule has 0 aliphatic rings. The maximum Gasteiger partial charge on any atom is 0.264 e. The van der Waals surface area contributed by atoms with Crippen molar-refractivity contribution in [1.82, 2.24) is 4.98 Å². The van der Waals surface area contributed by atoms with E-state index in [0.29, 0.717) is 16.4 Å². The lowest BCUT2D eigenvalue weighted by Gasteiger charge is -2.09. The Labute approximate surface area is 117 Å². The molecule has 0 fully saturated rings. The Morgan fingerprint density at radius 3 is 2.78 bits per heavy atom. The fourth-order valence-electron chi connectivity index (χ4n) is 1.39. The molecular weight excluding hydrogens is 338 g/mol. The van der Waals surface area contributed by atoms with Crippen molar-refractivity contribution in [3.8, 4) is 0 Å². The standard InChI is InChI=1S/C10H10BrN3O2S2/c1-6-7(12)3-2-4-8(6)18(15,16)14-10-13-5-9(11)17-10/h2-5H,12H2,1H3,(H,13,14). The highest BCUT2D eigenvalue weighted by atomic mass is 79.9. The van der Waals surface area contributed by atoms with Crippen molar-refractivity contribution in [1.29, 1.82) is 0 Å². The van der Waals surface area contributed by atoms with E-state index in [0.717, 1.165) is 3.79 Å². The Bertz CT molecular complexity index is 682. The molecule has 0 bridgehead atoms. The number of halogens is 1. The molecule has 0 saturated carbocycles. The SMILES string of the molecule is Cc1c(N)cccc1S(=O)(=O)Nc1ncc(Br)s1. The number of nitrogen functional groups attached to an aromatic ring is 1. The summed E-state index contributed by atoms with van der Waals surface area (Å²) in [5.41, 5.74) is 6.67. The first-order chi connectivity index (χ1) is 8.40. The maximum absolute atomic E-state index is 12.2. The summed E-state index contributed by atoms with van der Waals surface area (Å²) in [6.07, 6.45) is 1.54. The zero-order valence-corrected chi connectivity index (χ0v) is 12.6. The Hall–Kier alpha value is -1.12. The third-order valence-electron chi connectivity index (χ3n) is 2.31. The van der Waals surface area contributed by atoms with Gasteiger partial charge in [0.25, 0.3) is 10.0 Å². The minimum Gasteiger partial charge on any atom is -0.398 e. The average molecular weight is 348 g/mol. The van der Waals surface area contributed by atoms with Crippen LogP contribution in [0.15, 0.2) is 33.1 Å². The second-order valence-corrected chi connectivity index (χ2v) is 7.61. The summed E-state index contributed by atoms with van der Waals surface area (Å²) in [6.45, 7) is 1.67. The van der Waals surface area contributed by atoms with Crippen LogP contribution in [0, 0.1) is 6.92 Å². The normalized spacial score (nSPS) is 11.4. The van der Waals surface area contributed by atoms with E-state index in [4.69, 9.17) is 5.73 Å². The van der Waals surface area contributed by atoms with E-state index in [1.807, 2.05) is 0 Å². The fourth-order valence-corrected chi connectivity index (χ4v) is 4.02. The molecule has 0 aliphatic carbocycles. The van der Waals surface area contributed by atoms with Gasteiger partial charge >= 0.3 is 0 Å². The molecular formula is C10H10BrN3O2S2. The largest absolute Gasteiger partial charge is 0.398 e. The van der Waals surface area contributed by atoms with E-state index in [-0.39, 0.29) is 4.90 Å². The van der Waals surface area contributed by atoms with Crippen molar-refractivity contribution in [2.45, 2.75) is 11.8 Å². The first kappa shape index (κ1) is 13.3. The topological polar surface area (TPSA) is 85.1 Å². The molecule has 5 nitrogen and oxygen atoms in total. The van der Waals surface area contributed by atoms with Crippen molar-refractivity contribution in [3.05, 3.63) is 33.7 Å². The van der Waals surface area contributed by atoms with Crippen LogP contribution in [0.25, 0.3) is 0 Å². The minimum absolute atomic E-state index is 0.161. The molecule has 2 aromatic rings. The monoisotopic (exact) mass is 347 g/mol. The number of benzene rings is 1. The van der Waals surface area contributed by atoms with Gasteiger partial charge in [0.05, 0.1) is 14.9 Å². The van der Waals surface area contributed by atoms with E-state index in [9.17, 15) is 8.42 Å². The Balaban J connectivity index is 2.40. The molecule has 3 N–H and O–H groups in total. The van der Waals surface area contributed by atoms with Gasteiger partial charge in [0, 0.05) is 5.69 Å². The van der Waals surface area contributed by atoms with Crippen LogP contribution in [0.3, 0.4) is 0 Å². The molecule has 8 heteroatoms. The van der Waals surface area contributed by atoms with E-state index >= 15 is 0 Å². The third-order valence-corrected chi connectivity index (χ3v) is 5.32. The highest BCUT2D eigenvalue weighted by molar-refractivity contribution is 9.11. The highest BCUT2D eigenvalue weighted by Gasteiger charge is 2.19. The van der Waals surface area contributed by atoms with Crippen LogP contribution in [0.5, 0.6) is 0 Å². The van der Waals surface area contributed by atoms with Crippen LogP contribution in [0.2, 0.25) is 0 Å². The zero-order chi connectivity index (χ0) is 13.3. The van der Waals surface area contributed by atoms with Gasteiger partial charge in [-0.05, 0) is 40.5 Å². The molecule has 1 heterocycles. The minimum atomic E-state index is -3.66. The van der Waals surface area contributed by atoms with Crippen LogP contribution in [0.4, 0.5) is 10.8 Å². The Morgan fingerprint density at radius 2 is 2.17 bits per heavy atom. The van der Waals surface area contributed by atoms with Gasteiger partial charge in [-0.3, -0.25) is 4.72 Å². The van der Waals surface area contributed by atoms with E-state index in [2.05, 4.69) is 25.6 Å². The number of rotatable bonds is 3. The van der Waals surface area contributed by atoms with Gasteiger partial charge in [0.2, 0.25) is 0 Å². The number of hydrogen-bond acceptors (Lipinski definition) is 5. The predicted octanol–water partition coefficient (Wildman–Crippen LogP) is 2.60. The summed E-state index contributed by atoms with van der Waals surface area (Å²) in [5, 5.41) is 0.309. The van der Waals surface area contributed by atoms with Gasteiger partial charge in [-0.25, -0.2) is 13.4 Å². The number of nitrogens with two attached hydrogens (primary N) is 1. The molecule has 1 aromatic carbocycles.